The van der Waals surface area contributed by atoms with Crippen LogP contribution in [0, 0.1) is 6.07 Å². The Balaban J connectivity index is 1.60. The molecule has 3 rings (SSSR count). The summed E-state index contributed by atoms with van der Waals surface area (Å²) < 4.78 is 5.39. The fourth-order valence-electron chi connectivity index (χ4n) is 3.37. The Morgan fingerprint density at radius 1 is 1.25 bits per heavy atom. The molecule has 5 heteroatoms. The average molecular weight is 330 g/mol. The number of benzene rings is 1. The summed E-state index contributed by atoms with van der Waals surface area (Å²) in [6, 6.07) is 9.81. The molecule has 5 nitrogen and oxygen atoms in total. The van der Waals surface area contributed by atoms with Crippen molar-refractivity contribution < 1.29 is 9.53 Å². The molecular formula is C19H28N3O2. The van der Waals surface area contributed by atoms with Crippen LogP contribution < -0.4 is 5.32 Å². The van der Waals surface area contributed by atoms with Crippen LogP contribution in [-0.2, 0) is 4.74 Å². The Hall–Kier alpha value is -1.59. The van der Waals surface area contributed by atoms with Crippen molar-refractivity contribution in [3.8, 4) is 0 Å². The summed E-state index contributed by atoms with van der Waals surface area (Å²) in [6.07, 6.45) is 2.01. The topological polar surface area (TPSA) is 44.8 Å². The standard InChI is InChI=1S/C19H28N3O2/c1-15(2)21-8-10-22(11-9-21)19(23)16-4-3-5-18(14-16)20-17-6-12-24-13-7-17/h3-4,14-15,17,20H,6-13H2,1-2H3. The summed E-state index contributed by atoms with van der Waals surface area (Å²) in [5.41, 5.74) is 1.66. The molecule has 0 aliphatic carbocycles. The second-order valence-corrected chi connectivity index (χ2v) is 6.94. The Morgan fingerprint density at radius 2 is 1.96 bits per heavy atom. The molecule has 0 spiro atoms. The van der Waals surface area contributed by atoms with E-state index in [9.17, 15) is 4.79 Å². The second kappa shape index (κ2) is 7.99. The summed E-state index contributed by atoms with van der Waals surface area (Å²) in [5.74, 6) is 0.127. The van der Waals surface area contributed by atoms with Gasteiger partial charge in [-0.1, -0.05) is 6.07 Å². The van der Waals surface area contributed by atoms with Gasteiger partial charge in [0.2, 0.25) is 0 Å². The Labute approximate surface area is 145 Å². The lowest BCUT2D eigenvalue weighted by atomic mass is 10.1. The van der Waals surface area contributed by atoms with Crippen molar-refractivity contribution in [1.29, 1.82) is 0 Å². The number of anilines is 1. The van der Waals surface area contributed by atoms with Crippen molar-refractivity contribution in [3.05, 3.63) is 29.8 Å². The van der Waals surface area contributed by atoms with E-state index in [-0.39, 0.29) is 5.91 Å². The van der Waals surface area contributed by atoms with E-state index in [4.69, 9.17) is 4.74 Å². The third kappa shape index (κ3) is 4.28. The van der Waals surface area contributed by atoms with Crippen molar-refractivity contribution in [2.24, 2.45) is 0 Å². The second-order valence-electron chi connectivity index (χ2n) is 6.94. The molecule has 1 aromatic rings. The number of ether oxygens (including phenoxy) is 1. The summed E-state index contributed by atoms with van der Waals surface area (Å²) in [4.78, 5) is 17.1. The lowest BCUT2D eigenvalue weighted by Gasteiger charge is -2.37. The van der Waals surface area contributed by atoms with E-state index in [1.165, 1.54) is 0 Å². The van der Waals surface area contributed by atoms with E-state index in [1.807, 2.05) is 23.1 Å². The highest BCUT2D eigenvalue weighted by molar-refractivity contribution is 5.95. The molecule has 0 bridgehead atoms. The van der Waals surface area contributed by atoms with Gasteiger partial charge in [-0.15, -0.1) is 0 Å². The molecule has 2 aliphatic heterocycles. The Bertz CT molecular complexity index is 547. The third-order valence-corrected chi connectivity index (χ3v) is 4.96. The molecule has 2 saturated heterocycles. The lowest BCUT2D eigenvalue weighted by Crippen LogP contribution is -2.50. The number of hydrogen-bond donors (Lipinski definition) is 1. The molecule has 0 aromatic heterocycles. The predicted molar refractivity (Wildman–Crippen MR) is 95.4 cm³/mol. The minimum atomic E-state index is 0.127. The van der Waals surface area contributed by atoms with Crippen molar-refractivity contribution in [1.82, 2.24) is 9.80 Å². The van der Waals surface area contributed by atoms with Crippen LogP contribution in [0.2, 0.25) is 0 Å². The highest BCUT2D eigenvalue weighted by Gasteiger charge is 2.23. The van der Waals surface area contributed by atoms with Gasteiger partial charge >= 0.3 is 0 Å². The highest BCUT2D eigenvalue weighted by Crippen LogP contribution is 2.18. The SMILES string of the molecule is CC(C)N1CCN(C(=O)c2cc[c]c(NC3CCOCC3)c2)CC1. The van der Waals surface area contributed by atoms with Gasteiger partial charge in [0, 0.05) is 68.8 Å². The van der Waals surface area contributed by atoms with Crippen LogP contribution in [0.1, 0.15) is 37.0 Å². The Kier molecular flexibility index (Phi) is 5.74. The molecule has 1 N–H and O–H groups in total. The van der Waals surface area contributed by atoms with Crippen molar-refractivity contribution >= 4 is 11.6 Å². The quantitative estimate of drug-likeness (QED) is 0.920. The number of carbonyl (C=O) groups is 1. The van der Waals surface area contributed by atoms with Gasteiger partial charge in [0.1, 0.15) is 0 Å². The number of piperazine rings is 1. The zero-order valence-corrected chi connectivity index (χ0v) is 14.8. The molecule has 1 aromatic carbocycles. The van der Waals surface area contributed by atoms with Crippen LogP contribution in [0.15, 0.2) is 18.2 Å². The molecule has 0 saturated carbocycles. The molecule has 0 unspecified atom stereocenters. The van der Waals surface area contributed by atoms with Gasteiger partial charge in [-0.2, -0.15) is 0 Å². The van der Waals surface area contributed by atoms with Crippen LogP contribution >= 0.6 is 0 Å². The van der Waals surface area contributed by atoms with Gasteiger partial charge in [0.25, 0.3) is 5.91 Å². The van der Waals surface area contributed by atoms with E-state index in [0.29, 0.717) is 12.1 Å². The maximum Gasteiger partial charge on any atom is 0.254 e. The first-order chi connectivity index (χ1) is 11.6. The van der Waals surface area contributed by atoms with Gasteiger partial charge < -0.3 is 15.0 Å². The molecule has 2 aliphatic rings. The van der Waals surface area contributed by atoms with E-state index in [2.05, 4.69) is 30.1 Å². The summed E-state index contributed by atoms with van der Waals surface area (Å²) in [6.45, 7) is 9.53. The summed E-state index contributed by atoms with van der Waals surface area (Å²) in [7, 11) is 0. The average Bonchev–Trinajstić information content (AvgIpc) is 2.62. The van der Waals surface area contributed by atoms with E-state index >= 15 is 0 Å². The number of nitrogens with zero attached hydrogens (tertiary/aromatic N) is 2. The Morgan fingerprint density at radius 3 is 2.62 bits per heavy atom. The zero-order chi connectivity index (χ0) is 16.9. The molecule has 1 amide bonds. The first-order valence-corrected chi connectivity index (χ1v) is 9.03. The normalized spacial score (nSPS) is 20.4. The number of hydrogen-bond acceptors (Lipinski definition) is 4. The van der Waals surface area contributed by atoms with Crippen LogP contribution in [0.25, 0.3) is 0 Å². The zero-order valence-electron chi connectivity index (χ0n) is 14.8. The van der Waals surface area contributed by atoms with Crippen LogP contribution in [0.3, 0.4) is 0 Å². The molecule has 131 valence electrons. The molecule has 2 fully saturated rings. The fourth-order valence-corrected chi connectivity index (χ4v) is 3.37. The smallest absolute Gasteiger partial charge is 0.254 e. The van der Waals surface area contributed by atoms with Crippen LogP contribution in [-0.4, -0.2) is 67.2 Å². The van der Waals surface area contributed by atoms with E-state index in [0.717, 1.165) is 63.5 Å². The van der Waals surface area contributed by atoms with Gasteiger partial charge in [0.15, 0.2) is 0 Å². The molecule has 0 atom stereocenters. The van der Waals surface area contributed by atoms with Crippen molar-refractivity contribution in [2.75, 3.05) is 44.7 Å². The summed E-state index contributed by atoms with van der Waals surface area (Å²) >= 11 is 0. The van der Waals surface area contributed by atoms with E-state index < -0.39 is 0 Å². The van der Waals surface area contributed by atoms with Crippen molar-refractivity contribution in [2.45, 2.75) is 38.8 Å². The van der Waals surface area contributed by atoms with Crippen LogP contribution in [0.4, 0.5) is 5.69 Å². The largest absolute Gasteiger partial charge is 0.382 e. The highest BCUT2D eigenvalue weighted by atomic mass is 16.5. The third-order valence-electron chi connectivity index (χ3n) is 4.96. The number of nitrogens with one attached hydrogen (secondary N) is 1. The number of rotatable bonds is 4. The van der Waals surface area contributed by atoms with Gasteiger partial charge in [-0.25, -0.2) is 0 Å². The predicted octanol–water partition coefficient (Wildman–Crippen LogP) is 2.24. The monoisotopic (exact) mass is 330 g/mol. The maximum atomic E-state index is 12.8. The molecule has 24 heavy (non-hydrogen) atoms. The number of carbonyl (C=O) groups excluding carboxylic acids is 1. The van der Waals surface area contributed by atoms with Gasteiger partial charge in [0.05, 0.1) is 0 Å². The minimum absolute atomic E-state index is 0.127. The van der Waals surface area contributed by atoms with Crippen molar-refractivity contribution in [3.63, 3.8) is 0 Å². The van der Waals surface area contributed by atoms with E-state index in [1.54, 1.807) is 0 Å². The summed E-state index contributed by atoms with van der Waals surface area (Å²) in [5, 5.41) is 3.49. The van der Waals surface area contributed by atoms with Gasteiger partial charge in [-0.3, -0.25) is 9.69 Å². The molecule has 2 heterocycles. The minimum Gasteiger partial charge on any atom is -0.382 e. The maximum absolute atomic E-state index is 12.8. The fraction of sp³-hybridized carbons (Fsp3) is 0.632. The first-order valence-electron chi connectivity index (χ1n) is 9.03. The first kappa shape index (κ1) is 17.2. The molecule has 1 radical (unpaired) electrons. The van der Waals surface area contributed by atoms with Gasteiger partial charge in [-0.05, 0) is 38.8 Å². The number of amides is 1. The lowest BCUT2D eigenvalue weighted by molar-refractivity contribution is 0.0595. The molecular weight excluding hydrogens is 302 g/mol. The van der Waals surface area contributed by atoms with Crippen LogP contribution in [0.5, 0.6) is 0 Å².